The Balaban J connectivity index is 1.76. The quantitative estimate of drug-likeness (QED) is 0.321. The molecule has 9 nitrogen and oxygen atoms in total. The van der Waals surface area contributed by atoms with E-state index in [1.54, 1.807) is 60.7 Å². The Morgan fingerprint density at radius 2 is 1.66 bits per heavy atom. The Kier molecular flexibility index (Phi) is 6.43. The van der Waals surface area contributed by atoms with Crippen LogP contribution in [-0.2, 0) is 14.2 Å². The van der Waals surface area contributed by atoms with Crippen molar-refractivity contribution in [2.75, 3.05) is 6.61 Å². The predicted molar refractivity (Wildman–Crippen MR) is 99.6 cm³/mol. The van der Waals surface area contributed by atoms with Gasteiger partial charge in [-0.25, -0.2) is 9.59 Å². The van der Waals surface area contributed by atoms with E-state index in [2.05, 4.69) is 10.0 Å². The van der Waals surface area contributed by atoms with E-state index in [9.17, 15) is 14.9 Å². The highest BCUT2D eigenvalue weighted by atomic mass is 16.6. The average Bonchev–Trinajstić information content (AvgIpc) is 3.09. The summed E-state index contributed by atoms with van der Waals surface area (Å²) in [6.45, 7) is -0.282. The second-order valence-electron chi connectivity index (χ2n) is 6.12. The number of carbonyl (C=O) groups is 2. The molecular formula is C20H16N4O5. The number of esters is 2. The number of rotatable bonds is 6. The van der Waals surface area contributed by atoms with Crippen molar-refractivity contribution in [1.29, 1.82) is 5.26 Å². The fraction of sp³-hybridized carbons (Fsp3) is 0.250. The van der Waals surface area contributed by atoms with Crippen LogP contribution in [0, 0.1) is 11.3 Å². The third kappa shape index (κ3) is 4.71. The van der Waals surface area contributed by atoms with Gasteiger partial charge in [0.2, 0.25) is 0 Å². The van der Waals surface area contributed by atoms with Crippen LogP contribution in [0.25, 0.3) is 10.4 Å². The van der Waals surface area contributed by atoms with E-state index in [-0.39, 0.29) is 12.2 Å². The largest absolute Gasteiger partial charge is 0.459 e. The summed E-state index contributed by atoms with van der Waals surface area (Å²) in [4.78, 5) is 27.3. The van der Waals surface area contributed by atoms with Crippen molar-refractivity contribution in [2.45, 2.75) is 24.4 Å². The second-order valence-corrected chi connectivity index (χ2v) is 6.12. The molecule has 9 heteroatoms. The molecule has 0 aromatic heterocycles. The molecule has 0 radical (unpaired) electrons. The third-order valence-corrected chi connectivity index (χ3v) is 4.29. The van der Waals surface area contributed by atoms with Gasteiger partial charge in [0.05, 0.1) is 17.2 Å². The van der Waals surface area contributed by atoms with E-state index in [1.165, 1.54) is 0 Å². The van der Waals surface area contributed by atoms with Gasteiger partial charge in [-0.15, -0.1) is 0 Å². The first-order valence-corrected chi connectivity index (χ1v) is 8.71. The summed E-state index contributed by atoms with van der Waals surface area (Å²) in [7, 11) is 0. The van der Waals surface area contributed by atoms with Crippen molar-refractivity contribution >= 4 is 11.9 Å². The molecule has 1 fully saturated rings. The summed E-state index contributed by atoms with van der Waals surface area (Å²) in [5.74, 6) is -1.27. The highest BCUT2D eigenvalue weighted by Gasteiger charge is 2.47. The van der Waals surface area contributed by atoms with E-state index in [0.717, 1.165) is 0 Å². The molecule has 0 aliphatic carbocycles. The molecule has 1 heterocycles. The number of ether oxygens (including phenoxy) is 3. The van der Waals surface area contributed by atoms with Crippen molar-refractivity contribution in [3.8, 4) is 6.07 Å². The molecule has 146 valence electrons. The topological polar surface area (TPSA) is 134 Å². The Morgan fingerprint density at radius 3 is 2.21 bits per heavy atom. The molecular weight excluding hydrogens is 376 g/mol. The summed E-state index contributed by atoms with van der Waals surface area (Å²) < 4.78 is 16.3. The van der Waals surface area contributed by atoms with Gasteiger partial charge in [0.15, 0.2) is 6.10 Å². The van der Waals surface area contributed by atoms with E-state index in [0.29, 0.717) is 5.56 Å². The number of azide groups is 1. The Bertz CT molecular complexity index is 954. The van der Waals surface area contributed by atoms with Crippen LogP contribution in [0.3, 0.4) is 0 Å². The van der Waals surface area contributed by atoms with Crippen LogP contribution >= 0.6 is 0 Å². The lowest BCUT2D eigenvalue weighted by molar-refractivity contribution is -0.0353. The van der Waals surface area contributed by atoms with Crippen LogP contribution in [-0.4, -0.2) is 42.9 Å². The minimum Gasteiger partial charge on any atom is -0.459 e. The zero-order valence-corrected chi connectivity index (χ0v) is 15.1. The molecule has 2 aromatic rings. The van der Waals surface area contributed by atoms with Crippen LogP contribution in [0.1, 0.15) is 20.7 Å². The lowest BCUT2D eigenvalue weighted by Gasteiger charge is -2.21. The van der Waals surface area contributed by atoms with E-state index >= 15 is 0 Å². The lowest BCUT2D eigenvalue weighted by Crippen LogP contribution is -2.38. The minimum absolute atomic E-state index is 0.282. The normalized spacial score (nSPS) is 22.7. The van der Waals surface area contributed by atoms with Gasteiger partial charge in [-0.05, 0) is 29.8 Å². The maximum absolute atomic E-state index is 12.4. The summed E-state index contributed by atoms with van der Waals surface area (Å²) in [5, 5.41) is 12.9. The molecule has 4 atom stereocenters. The summed E-state index contributed by atoms with van der Waals surface area (Å²) >= 11 is 0. The van der Waals surface area contributed by atoms with Crippen LogP contribution in [0.4, 0.5) is 0 Å². The van der Waals surface area contributed by atoms with Gasteiger partial charge in [-0.3, -0.25) is 0 Å². The monoisotopic (exact) mass is 392 g/mol. The molecule has 0 bridgehead atoms. The predicted octanol–water partition coefficient (Wildman–Crippen LogP) is 3.04. The van der Waals surface area contributed by atoms with Crippen molar-refractivity contribution in [2.24, 2.45) is 5.11 Å². The standard InChI is InChI=1S/C20H16N4O5/c21-11-15-17(23-24-22)18(29-20(26)14-9-5-2-6-10-14)16(28-15)12-27-19(25)13-7-3-1-4-8-13/h1-10,15-18H,12H2/t15-,16+,17-,18+/m0/s1. The smallest absolute Gasteiger partial charge is 0.338 e. The van der Waals surface area contributed by atoms with Gasteiger partial charge < -0.3 is 14.2 Å². The molecule has 3 rings (SSSR count). The first kappa shape index (κ1) is 19.9. The van der Waals surface area contributed by atoms with Crippen molar-refractivity contribution in [3.05, 3.63) is 82.2 Å². The molecule has 29 heavy (non-hydrogen) atoms. The number of nitriles is 1. The number of carbonyl (C=O) groups excluding carboxylic acids is 2. The molecule has 0 amide bonds. The fourth-order valence-electron chi connectivity index (χ4n) is 2.89. The first-order valence-electron chi connectivity index (χ1n) is 8.71. The highest BCUT2D eigenvalue weighted by molar-refractivity contribution is 5.90. The Morgan fingerprint density at radius 1 is 1.07 bits per heavy atom. The van der Waals surface area contributed by atoms with Crippen molar-refractivity contribution < 1.29 is 23.8 Å². The number of hydrogen-bond donors (Lipinski definition) is 0. The molecule has 1 saturated heterocycles. The second kappa shape index (κ2) is 9.37. The zero-order valence-electron chi connectivity index (χ0n) is 15.1. The van der Waals surface area contributed by atoms with Gasteiger partial charge in [0, 0.05) is 4.91 Å². The Labute approximate surface area is 166 Å². The summed E-state index contributed by atoms with van der Waals surface area (Å²) in [6.07, 6.45) is -3.19. The number of nitrogens with zero attached hydrogens (tertiary/aromatic N) is 4. The van der Waals surface area contributed by atoms with E-state index in [1.807, 2.05) is 6.07 Å². The highest BCUT2D eigenvalue weighted by Crippen LogP contribution is 2.28. The van der Waals surface area contributed by atoms with Crippen LogP contribution in [0.5, 0.6) is 0 Å². The average molecular weight is 392 g/mol. The lowest BCUT2D eigenvalue weighted by atomic mass is 10.1. The van der Waals surface area contributed by atoms with Crippen LogP contribution in [0.2, 0.25) is 0 Å². The third-order valence-electron chi connectivity index (χ3n) is 4.29. The molecule has 0 unspecified atom stereocenters. The van der Waals surface area contributed by atoms with Gasteiger partial charge in [-0.1, -0.05) is 41.5 Å². The van der Waals surface area contributed by atoms with Crippen molar-refractivity contribution in [3.63, 3.8) is 0 Å². The molecule has 1 aliphatic rings. The van der Waals surface area contributed by atoms with Crippen molar-refractivity contribution in [1.82, 2.24) is 0 Å². The Hall–Kier alpha value is -3.86. The summed E-state index contributed by atoms with van der Waals surface area (Å²) in [5.41, 5.74) is 9.45. The van der Waals surface area contributed by atoms with E-state index < -0.39 is 36.3 Å². The number of hydrogen-bond acceptors (Lipinski definition) is 7. The fourth-order valence-corrected chi connectivity index (χ4v) is 2.89. The first-order chi connectivity index (χ1) is 14.1. The molecule has 0 spiro atoms. The maximum atomic E-state index is 12.4. The maximum Gasteiger partial charge on any atom is 0.338 e. The van der Waals surface area contributed by atoms with Crippen LogP contribution < -0.4 is 0 Å². The van der Waals surface area contributed by atoms with Gasteiger partial charge >= 0.3 is 11.9 Å². The van der Waals surface area contributed by atoms with Gasteiger partial charge in [0.1, 0.15) is 24.9 Å². The van der Waals surface area contributed by atoms with Crippen LogP contribution in [0.15, 0.2) is 65.8 Å². The molecule has 0 N–H and O–H groups in total. The van der Waals surface area contributed by atoms with E-state index in [4.69, 9.17) is 19.7 Å². The zero-order chi connectivity index (χ0) is 20.6. The summed E-state index contributed by atoms with van der Waals surface area (Å²) in [6, 6.07) is 17.3. The molecule has 1 aliphatic heterocycles. The number of benzene rings is 2. The molecule has 0 saturated carbocycles. The van der Waals surface area contributed by atoms with Gasteiger partial charge in [-0.2, -0.15) is 5.26 Å². The minimum atomic E-state index is -1.14. The molecule has 2 aromatic carbocycles. The SMILES string of the molecule is N#C[C@@H]1O[C@H](COC(=O)c2ccccc2)[C@@H](OC(=O)c2ccccc2)[C@H]1N=[N+]=[N-]. The van der Waals surface area contributed by atoms with Gasteiger partial charge in [0.25, 0.3) is 0 Å².